The minimum atomic E-state index is -0.397. The van der Waals surface area contributed by atoms with Crippen molar-refractivity contribution >= 4 is 17.5 Å². The van der Waals surface area contributed by atoms with Crippen LogP contribution in [0.3, 0.4) is 0 Å². The topological polar surface area (TPSA) is 83.8 Å². The van der Waals surface area contributed by atoms with E-state index in [1.54, 1.807) is 24.4 Å². The van der Waals surface area contributed by atoms with Crippen molar-refractivity contribution in [2.45, 2.75) is 44.6 Å². The number of carbonyl (C=O) groups is 2. The maximum absolute atomic E-state index is 12.6. The van der Waals surface area contributed by atoms with Crippen LogP contribution in [0.1, 0.15) is 48.9 Å². The Kier molecular flexibility index (Phi) is 4.92. The van der Waals surface area contributed by atoms with Crippen LogP contribution in [0.15, 0.2) is 35.4 Å². The standard InChI is InChI=1S/C20H24N4O3/c25-18(16-13-21-17-7-3-4-10-24(17)20(16)27)22-15-8-11-23(12-9-15)19(26)14-5-1-2-6-14/h3-4,7,10,13-15H,1-2,5-6,8-9,11-12H2,(H,22,25). The Bertz CT molecular complexity index is 909. The van der Waals surface area contributed by atoms with Crippen LogP contribution < -0.4 is 10.9 Å². The Hall–Kier alpha value is -2.70. The summed E-state index contributed by atoms with van der Waals surface area (Å²) in [7, 11) is 0. The summed E-state index contributed by atoms with van der Waals surface area (Å²) in [5.41, 5.74) is 0.188. The average molecular weight is 368 g/mol. The first-order valence-electron chi connectivity index (χ1n) is 9.69. The molecule has 0 spiro atoms. The molecule has 7 heteroatoms. The molecule has 2 amide bonds. The van der Waals surface area contributed by atoms with Gasteiger partial charge in [0.2, 0.25) is 5.91 Å². The van der Waals surface area contributed by atoms with Crippen LogP contribution >= 0.6 is 0 Å². The van der Waals surface area contributed by atoms with Crippen LogP contribution in [0.5, 0.6) is 0 Å². The SMILES string of the molecule is O=C(NC1CCN(C(=O)C2CCCC2)CC1)c1cnc2ccccn2c1=O. The molecule has 27 heavy (non-hydrogen) atoms. The lowest BCUT2D eigenvalue weighted by Crippen LogP contribution is -2.48. The van der Waals surface area contributed by atoms with E-state index in [-0.39, 0.29) is 29.0 Å². The van der Waals surface area contributed by atoms with Crippen molar-refractivity contribution in [3.05, 3.63) is 46.5 Å². The fourth-order valence-electron chi connectivity index (χ4n) is 4.12. The van der Waals surface area contributed by atoms with Crippen molar-refractivity contribution in [3.8, 4) is 0 Å². The lowest BCUT2D eigenvalue weighted by molar-refractivity contribution is -0.136. The summed E-state index contributed by atoms with van der Waals surface area (Å²) in [6.45, 7) is 1.32. The molecule has 142 valence electrons. The number of hydrogen-bond donors (Lipinski definition) is 1. The molecule has 2 aliphatic rings. The van der Waals surface area contributed by atoms with Crippen molar-refractivity contribution in [1.82, 2.24) is 19.6 Å². The Morgan fingerprint density at radius 2 is 1.81 bits per heavy atom. The average Bonchev–Trinajstić information content (AvgIpc) is 3.23. The summed E-state index contributed by atoms with van der Waals surface area (Å²) in [4.78, 5) is 43.7. The van der Waals surface area contributed by atoms with Gasteiger partial charge < -0.3 is 10.2 Å². The lowest BCUT2D eigenvalue weighted by atomic mass is 10.0. The second-order valence-electron chi connectivity index (χ2n) is 7.46. The van der Waals surface area contributed by atoms with Gasteiger partial charge in [-0.05, 0) is 37.8 Å². The van der Waals surface area contributed by atoms with E-state index in [0.29, 0.717) is 31.6 Å². The molecule has 1 saturated heterocycles. The van der Waals surface area contributed by atoms with Gasteiger partial charge in [-0.25, -0.2) is 4.98 Å². The summed E-state index contributed by atoms with van der Waals surface area (Å²) in [6, 6.07) is 5.22. The van der Waals surface area contributed by atoms with E-state index < -0.39 is 5.91 Å². The third kappa shape index (κ3) is 3.59. The van der Waals surface area contributed by atoms with Crippen LogP contribution in [0.2, 0.25) is 0 Å². The van der Waals surface area contributed by atoms with E-state index in [0.717, 1.165) is 25.7 Å². The molecule has 7 nitrogen and oxygen atoms in total. The maximum Gasteiger partial charge on any atom is 0.270 e. The molecular weight excluding hydrogens is 344 g/mol. The van der Waals surface area contributed by atoms with Gasteiger partial charge in [-0.1, -0.05) is 18.9 Å². The van der Waals surface area contributed by atoms with Gasteiger partial charge in [0.25, 0.3) is 11.5 Å². The summed E-state index contributed by atoms with van der Waals surface area (Å²) < 4.78 is 1.37. The van der Waals surface area contributed by atoms with Crippen molar-refractivity contribution < 1.29 is 9.59 Å². The van der Waals surface area contributed by atoms with Crippen LogP contribution in [0.25, 0.3) is 5.65 Å². The van der Waals surface area contributed by atoms with Crippen LogP contribution in [0.4, 0.5) is 0 Å². The van der Waals surface area contributed by atoms with Gasteiger partial charge in [-0.2, -0.15) is 0 Å². The first-order chi connectivity index (χ1) is 13.1. The largest absolute Gasteiger partial charge is 0.349 e. The monoisotopic (exact) mass is 368 g/mol. The number of nitrogens with one attached hydrogen (secondary N) is 1. The molecule has 0 radical (unpaired) electrons. The number of carbonyl (C=O) groups excluding carboxylic acids is 2. The molecule has 4 rings (SSSR count). The maximum atomic E-state index is 12.6. The Morgan fingerprint density at radius 3 is 2.56 bits per heavy atom. The first-order valence-corrected chi connectivity index (χ1v) is 9.69. The van der Waals surface area contributed by atoms with Crippen molar-refractivity contribution in [1.29, 1.82) is 0 Å². The summed E-state index contributed by atoms with van der Waals surface area (Å²) >= 11 is 0. The normalized spacial score (nSPS) is 18.7. The minimum absolute atomic E-state index is 0.0269. The van der Waals surface area contributed by atoms with E-state index >= 15 is 0 Å². The number of nitrogens with zero attached hydrogens (tertiary/aromatic N) is 3. The molecule has 2 aromatic heterocycles. The van der Waals surface area contributed by atoms with Gasteiger partial charge in [0.15, 0.2) is 0 Å². The number of fused-ring (bicyclic) bond motifs is 1. The molecular formula is C20H24N4O3. The van der Waals surface area contributed by atoms with E-state index in [1.165, 1.54) is 10.6 Å². The zero-order valence-electron chi connectivity index (χ0n) is 15.3. The summed E-state index contributed by atoms with van der Waals surface area (Å²) in [5.74, 6) is 0.0698. The zero-order chi connectivity index (χ0) is 18.8. The third-order valence-electron chi connectivity index (χ3n) is 5.70. The highest BCUT2D eigenvalue weighted by molar-refractivity contribution is 5.94. The van der Waals surface area contributed by atoms with Gasteiger partial charge in [-0.3, -0.25) is 18.8 Å². The third-order valence-corrected chi connectivity index (χ3v) is 5.70. The molecule has 1 aliphatic carbocycles. The number of pyridine rings is 1. The van der Waals surface area contributed by atoms with Crippen molar-refractivity contribution in [2.24, 2.45) is 5.92 Å². The predicted octanol–water partition coefficient (Wildman–Crippen LogP) is 1.61. The molecule has 0 unspecified atom stereocenters. The number of likely N-dealkylation sites (tertiary alicyclic amines) is 1. The summed E-state index contributed by atoms with van der Waals surface area (Å²) in [5, 5.41) is 2.94. The van der Waals surface area contributed by atoms with Gasteiger partial charge >= 0.3 is 0 Å². The number of piperidine rings is 1. The molecule has 0 bridgehead atoms. The highest BCUT2D eigenvalue weighted by Crippen LogP contribution is 2.27. The number of hydrogen-bond acceptors (Lipinski definition) is 4. The van der Waals surface area contributed by atoms with E-state index in [4.69, 9.17) is 0 Å². The van der Waals surface area contributed by atoms with Gasteiger partial charge in [0.1, 0.15) is 11.2 Å². The zero-order valence-corrected chi connectivity index (χ0v) is 15.3. The summed E-state index contributed by atoms with van der Waals surface area (Å²) in [6.07, 6.45) is 8.69. The number of aromatic nitrogens is 2. The molecule has 0 atom stereocenters. The van der Waals surface area contributed by atoms with E-state index in [2.05, 4.69) is 10.3 Å². The highest BCUT2D eigenvalue weighted by Gasteiger charge is 2.30. The molecule has 1 N–H and O–H groups in total. The fraction of sp³-hybridized carbons (Fsp3) is 0.500. The molecule has 2 aromatic rings. The van der Waals surface area contributed by atoms with Crippen molar-refractivity contribution in [2.75, 3.05) is 13.1 Å². The molecule has 3 heterocycles. The van der Waals surface area contributed by atoms with Crippen LogP contribution in [0, 0.1) is 5.92 Å². The van der Waals surface area contributed by atoms with Gasteiger partial charge in [-0.15, -0.1) is 0 Å². The van der Waals surface area contributed by atoms with Crippen molar-refractivity contribution in [3.63, 3.8) is 0 Å². The lowest BCUT2D eigenvalue weighted by Gasteiger charge is -2.33. The van der Waals surface area contributed by atoms with Gasteiger partial charge in [0.05, 0.1) is 0 Å². The Balaban J connectivity index is 1.38. The second-order valence-corrected chi connectivity index (χ2v) is 7.46. The quantitative estimate of drug-likeness (QED) is 0.892. The Labute approximate surface area is 157 Å². The fourth-order valence-corrected chi connectivity index (χ4v) is 4.12. The van der Waals surface area contributed by atoms with Crippen LogP contribution in [-0.2, 0) is 4.79 Å². The molecule has 1 saturated carbocycles. The van der Waals surface area contributed by atoms with E-state index in [1.807, 2.05) is 4.90 Å². The minimum Gasteiger partial charge on any atom is -0.349 e. The predicted molar refractivity (Wildman–Crippen MR) is 100 cm³/mol. The number of rotatable bonds is 3. The molecule has 2 fully saturated rings. The first kappa shape index (κ1) is 17.7. The molecule has 1 aliphatic heterocycles. The van der Waals surface area contributed by atoms with Crippen LogP contribution in [-0.4, -0.2) is 45.2 Å². The number of amides is 2. The molecule has 0 aromatic carbocycles. The van der Waals surface area contributed by atoms with E-state index in [9.17, 15) is 14.4 Å². The van der Waals surface area contributed by atoms with Gasteiger partial charge in [0, 0.05) is 37.4 Å². The highest BCUT2D eigenvalue weighted by atomic mass is 16.2. The Morgan fingerprint density at radius 1 is 1.07 bits per heavy atom. The smallest absolute Gasteiger partial charge is 0.270 e. The second kappa shape index (κ2) is 7.50.